The Morgan fingerprint density at radius 1 is 1.15 bits per heavy atom. The molecule has 2 fully saturated rings. The van der Waals surface area contributed by atoms with Gasteiger partial charge in [-0.2, -0.15) is 0 Å². The molecule has 0 radical (unpaired) electrons. The van der Waals surface area contributed by atoms with E-state index in [0.717, 1.165) is 18.0 Å². The lowest BCUT2D eigenvalue weighted by molar-refractivity contribution is -0.0206. The molecule has 0 amide bonds. The minimum absolute atomic E-state index is 0.697. The summed E-state index contributed by atoms with van der Waals surface area (Å²) >= 11 is 0. The molecule has 2 aliphatic rings. The molecule has 2 N–H and O–H groups in total. The normalized spacial score (nSPS) is 29.9. The number of hydrogen-bond donors (Lipinski definition) is 2. The van der Waals surface area contributed by atoms with Gasteiger partial charge in [0.25, 0.3) is 0 Å². The number of piperidine rings is 1. The SMILES string of the molecule is CNCC1CN(C(C)C)C1CCN1CCC(NC)CC1. The summed E-state index contributed by atoms with van der Waals surface area (Å²) in [5, 5.41) is 6.78. The second kappa shape index (κ2) is 7.74. The van der Waals surface area contributed by atoms with Gasteiger partial charge in [0, 0.05) is 31.2 Å². The molecule has 0 aromatic carbocycles. The topological polar surface area (TPSA) is 30.5 Å². The van der Waals surface area contributed by atoms with Crippen LogP contribution in [0, 0.1) is 5.92 Å². The van der Waals surface area contributed by atoms with Crippen LogP contribution in [0.3, 0.4) is 0 Å². The molecule has 2 unspecified atom stereocenters. The Balaban J connectivity index is 1.73. The first-order chi connectivity index (χ1) is 9.65. The minimum Gasteiger partial charge on any atom is -0.319 e. The van der Waals surface area contributed by atoms with Crippen molar-refractivity contribution in [2.75, 3.05) is 46.8 Å². The van der Waals surface area contributed by atoms with Gasteiger partial charge in [-0.15, -0.1) is 0 Å². The van der Waals surface area contributed by atoms with Gasteiger partial charge in [-0.05, 0) is 72.8 Å². The Hall–Kier alpha value is -0.160. The quantitative estimate of drug-likeness (QED) is 0.729. The zero-order valence-corrected chi connectivity index (χ0v) is 13.9. The summed E-state index contributed by atoms with van der Waals surface area (Å²) in [6.07, 6.45) is 3.97. The van der Waals surface area contributed by atoms with Crippen LogP contribution in [0.2, 0.25) is 0 Å². The Labute approximate surface area is 125 Å². The van der Waals surface area contributed by atoms with Crippen LogP contribution >= 0.6 is 0 Å². The average molecular weight is 282 g/mol. The van der Waals surface area contributed by atoms with E-state index >= 15 is 0 Å². The molecule has 0 aromatic heterocycles. The summed E-state index contributed by atoms with van der Waals surface area (Å²) in [6.45, 7) is 11.0. The van der Waals surface area contributed by atoms with Gasteiger partial charge in [-0.3, -0.25) is 4.90 Å². The van der Waals surface area contributed by atoms with E-state index in [1.165, 1.54) is 52.0 Å². The second-order valence-corrected chi connectivity index (χ2v) is 6.87. The van der Waals surface area contributed by atoms with Crippen molar-refractivity contribution in [1.82, 2.24) is 20.4 Å². The van der Waals surface area contributed by atoms with Gasteiger partial charge >= 0.3 is 0 Å². The molecular weight excluding hydrogens is 248 g/mol. The van der Waals surface area contributed by atoms with Crippen LogP contribution < -0.4 is 10.6 Å². The molecule has 2 aliphatic heterocycles. The molecule has 0 spiro atoms. The lowest BCUT2D eigenvalue weighted by atomic mass is 9.84. The van der Waals surface area contributed by atoms with E-state index in [1.807, 2.05) is 0 Å². The van der Waals surface area contributed by atoms with Crippen molar-refractivity contribution >= 4 is 0 Å². The van der Waals surface area contributed by atoms with E-state index in [9.17, 15) is 0 Å². The molecule has 20 heavy (non-hydrogen) atoms. The number of rotatable bonds is 7. The third-order valence-electron chi connectivity index (χ3n) is 5.28. The molecule has 4 heteroatoms. The Morgan fingerprint density at radius 2 is 1.85 bits per heavy atom. The van der Waals surface area contributed by atoms with Crippen LogP contribution in [-0.4, -0.2) is 74.7 Å². The van der Waals surface area contributed by atoms with E-state index in [1.54, 1.807) is 0 Å². The van der Waals surface area contributed by atoms with Crippen molar-refractivity contribution in [3.05, 3.63) is 0 Å². The molecule has 2 heterocycles. The van der Waals surface area contributed by atoms with Crippen molar-refractivity contribution < 1.29 is 0 Å². The van der Waals surface area contributed by atoms with Crippen LogP contribution in [-0.2, 0) is 0 Å². The van der Waals surface area contributed by atoms with Gasteiger partial charge in [0.05, 0.1) is 0 Å². The average Bonchev–Trinajstić information content (AvgIpc) is 2.43. The molecule has 118 valence electrons. The molecule has 0 aromatic rings. The van der Waals surface area contributed by atoms with E-state index in [0.29, 0.717) is 6.04 Å². The van der Waals surface area contributed by atoms with E-state index in [2.05, 4.69) is 48.4 Å². The fraction of sp³-hybridized carbons (Fsp3) is 1.00. The number of nitrogens with one attached hydrogen (secondary N) is 2. The molecule has 0 bridgehead atoms. The summed E-state index contributed by atoms with van der Waals surface area (Å²) in [7, 11) is 4.18. The summed E-state index contributed by atoms with van der Waals surface area (Å²) in [5.41, 5.74) is 0. The highest BCUT2D eigenvalue weighted by atomic mass is 15.3. The van der Waals surface area contributed by atoms with Gasteiger partial charge in [0.15, 0.2) is 0 Å². The van der Waals surface area contributed by atoms with Gasteiger partial charge < -0.3 is 15.5 Å². The predicted octanol–water partition coefficient (Wildman–Crippen LogP) is 0.989. The minimum atomic E-state index is 0.697. The third kappa shape index (κ3) is 3.94. The molecule has 0 saturated carbocycles. The maximum Gasteiger partial charge on any atom is 0.0163 e. The van der Waals surface area contributed by atoms with Gasteiger partial charge in [-0.25, -0.2) is 0 Å². The second-order valence-electron chi connectivity index (χ2n) is 6.87. The third-order valence-corrected chi connectivity index (χ3v) is 5.28. The van der Waals surface area contributed by atoms with Crippen molar-refractivity contribution in [3.63, 3.8) is 0 Å². The molecule has 2 atom stereocenters. The highest BCUT2D eigenvalue weighted by Gasteiger charge is 2.39. The van der Waals surface area contributed by atoms with E-state index < -0.39 is 0 Å². The fourth-order valence-electron chi connectivity index (χ4n) is 3.88. The summed E-state index contributed by atoms with van der Waals surface area (Å²) in [4.78, 5) is 5.35. The number of hydrogen-bond acceptors (Lipinski definition) is 4. The molecular formula is C16H34N4. The fourth-order valence-corrected chi connectivity index (χ4v) is 3.88. The summed E-state index contributed by atoms with van der Waals surface area (Å²) in [5.74, 6) is 0.859. The standard InChI is InChI=1S/C16H34N4/c1-13(2)20-12-14(11-17-3)16(20)7-10-19-8-5-15(18-4)6-9-19/h13-18H,5-12H2,1-4H3. The smallest absolute Gasteiger partial charge is 0.0163 e. The monoisotopic (exact) mass is 282 g/mol. The lowest BCUT2D eigenvalue weighted by Gasteiger charge is -2.51. The number of likely N-dealkylation sites (tertiary alicyclic amines) is 2. The zero-order chi connectivity index (χ0) is 14.5. The highest BCUT2D eigenvalue weighted by Crippen LogP contribution is 2.29. The van der Waals surface area contributed by atoms with E-state index in [4.69, 9.17) is 0 Å². The summed E-state index contributed by atoms with van der Waals surface area (Å²) < 4.78 is 0. The Bertz CT molecular complexity index is 274. The molecule has 2 rings (SSSR count). The van der Waals surface area contributed by atoms with Crippen molar-refractivity contribution in [2.45, 2.75) is 51.2 Å². The Morgan fingerprint density at radius 3 is 2.40 bits per heavy atom. The first-order valence-electron chi connectivity index (χ1n) is 8.45. The van der Waals surface area contributed by atoms with Crippen LogP contribution in [0.5, 0.6) is 0 Å². The first-order valence-corrected chi connectivity index (χ1v) is 8.45. The van der Waals surface area contributed by atoms with Crippen LogP contribution in [0.1, 0.15) is 33.1 Å². The van der Waals surface area contributed by atoms with Crippen molar-refractivity contribution in [3.8, 4) is 0 Å². The van der Waals surface area contributed by atoms with Crippen LogP contribution in [0.25, 0.3) is 0 Å². The van der Waals surface area contributed by atoms with E-state index in [-0.39, 0.29) is 0 Å². The van der Waals surface area contributed by atoms with Crippen molar-refractivity contribution in [2.24, 2.45) is 5.92 Å². The highest BCUT2D eigenvalue weighted by molar-refractivity contribution is 4.94. The summed E-state index contributed by atoms with van der Waals surface area (Å²) in [6, 6.07) is 2.24. The van der Waals surface area contributed by atoms with Gasteiger partial charge in [0.2, 0.25) is 0 Å². The maximum absolute atomic E-state index is 3.41. The molecule has 4 nitrogen and oxygen atoms in total. The van der Waals surface area contributed by atoms with Gasteiger partial charge in [0.1, 0.15) is 0 Å². The largest absolute Gasteiger partial charge is 0.319 e. The van der Waals surface area contributed by atoms with Crippen LogP contribution in [0.4, 0.5) is 0 Å². The Kier molecular flexibility index (Phi) is 6.27. The van der Waals surface area contributed by atoms with Gasteiger partial charge in [-0.1, -0.05) is 0 Å². The molecule has 2 saturated heterocycles. The molecule has 0 aliphatic carbocycles. The first kappa shape index (κ1) is 16.2. The van der Waals surface area contributed by atoms with Crippen LogP contribution in [0.15, 0.2) is 0 Å². The maximum atomic E-state index is 3.41. The lowest BCUT2D eigenvalue weighted by Crippen LogP contribution is -2.62. The number of nitrogens with zero attached hydrogens (tertiary/aromatic N) is 2. The van der Waals surface area contributed by atoms with Crippen molar-refractivity contribution in [1.29, 1.82) is 0 Å². The zero-order valence-electron chi connectivity index (χ0n) is 13.9. The predicted molar refractivity (Wildman–Crippen MR) is 86.2 cm³/mol.